The Labute approximate surface area is 185 Å². The average Bonchev–Trinajstić information content (AvgIpc) is 3.51. The van der Waals surface area contributed by atoms with Crippen LogP contribution in [0.5, 0.6) is 0 Å². The Bertz CT molecular complexity index is 1020. The lowest BCUT2D eigenvalue weighted by molar-refractivity contribution is -0.154. The van der Waals surface area contributed by atoms with Crippen molar-refractivity contribution in [2.75, 3.05) is 4.90 Å². The maximum atomic E-state index is 11.7. The van der Waals surface area contributed by atoms with Crippen LogP contribution in [0.15, 0.2) is 18.6 Å². The van der Waals surface area contributed by atoms with E-state index in [4.69, 9.17) is 9.47 Å². The van der Waals surface area contributed by atoms with Gasteiger partial charge in [-0.25, -0.2) is 4.68 Å². The molecule has 0 N–H and O–H groups in total. The van der Waals surface area contributed by atoms with Crippen molar-refractivity contribution in [1.82, 2.24) is 45.0 Å². The number of hydrogen-bond donors (Lipinski definition) is 0. The predicted molar refractivity (Wildman–Crippen MR) is 111 cm³/mol. The third kappa shape index (κ3) is 4.61. The topological polar surface area (TPSA) is 131 Å². The van der Waals surface area contributed by atoms with Crippen LogP contribution in [0.1, 0.15) is 44.8 Å². The molecule has 4 heterocycles. The lowest BCUT2D eigenvalue weighted by Crippen LogP contribution is -2.30. The lowest BCUT2D eigenvalue weighted by atomic mass is 9.98. The Morgan fingerprint density at radius 3 is 2.19 bits per heavy atom. The number of rotatable bonds is 8. The number of ether oxygens (including phenoxy) is 2. The Hall–Kier alpha value is -3.35. The number of aryl methyl sites for hydroxylation is 2. The van der Waals surface area contributed by atoms with E-state index in [2.05, 4.69) is 30.9 Å². The van der Waals surface area contributed by atoms with E-state index in [0.29, 0.717) is 18.9 Å². The molecule has 0 amide bonds. The molecule has 3 aromatic heterocycles. The highest BCUT2D eigenvalue weighted by Crippen LogP contribution is 2.37. The van der Waals surface area contributed by atoms with Gasteiger partial charge in [0, 0.05) is 39.3 Å². The summed E-state index contributed by atoms with van der Waals surface area (Å²) in [6.07, 6.45) is 5.26. The van der Waals surface area contributed by atoms with Crippen molar-refractivity contribution in [3.05, 3.63) is 30.0 Å². The molecule has 1 aliphatic heterocycles. The van der Waals surface area contributed by atoms with Crippen LogP contribution < -0.4 is 4.90 Å². The van der Waals surface area contributed by atoms with Crippen LogP contribution in [0.4, 0.5) is 5.82 Å². The third-order valence-corrected chi connectivity index (χ3v) is 5.49. The van der Waals surface area contributed by atoms with Gasteiger partial charge in [-0.3, -0.25) is 14.2 Å². The van der Waals surface area contributed by atoms with Crippen molar-refractivity contribution < 1.29 is 14.3 Å². The van der Waals surface area contributed by atoms with E-state index >= 15 is 0 Å². The van der Waals surface area contributed by atoms with Gasteiger partial charge in [0.1, 0.15) is 11.4 Å². The molecule has 1 unspecified atom stereocenters. The fraction of sp³-hybridized carbons (Fsp3) is 0.632. The van der Waals surface area contributed by atoms with Gasteiger partial charge in [0.2, 0.25) is 0 Å². The van der Waals surface area contributed by atoms with Crippen LogP contribution in [0.25, 0.3) is 0 Å². The second kappa shape index (κ2) is 9.02. The van der Waals surface area contributed by atoms with Crippen molar-refractivity contribution in [3.8, 4) is 0 Å². The molecule has 4 atom stereocenters. The zero-order chi connectivity index (χ0) is 22.8. The smallest absolute Gasteiger partial charge is 0.303 e. The largest absolute Gasteiger partial charge is 0.457 e. The molecule has 1 aliphatic rings. The molecule has 3 aromatic rings. The Morgan fingerprint density at radius 2 is 1.69 bits per heavy atom. The number of carbonyl (C=O) groups is 1. The second-order valence-electron chi connectivity index (χ2n) is 8.09. The van der Waals surface area contributed by atoms with Crippen molar-refractivity contribution in [1.29, 1.82) is 0 Å². The standard InChI is InChI=1S/C19H28N10O3/c1-6-16-12(2)18(31-13(3)30)19(32-16)29-11-17(22-25-29)28(9-14-7-26(4)23-20-14)10-15-8-27(5)24-21-15/h7-8,11-12,16,18-19H,6,9-10H2,1-5H3/t12?,16-,18+,19-/m1/s1. The number of esters is 1. The number of anilines is 1. The van der Waals surface area contributed by atoms with E-state index in [0.717, 1.165) is 17.8 Å². The molecule has 1 saturated heterocycles. The average molecular weight is 445 g/mol. The summed E-state index contributed by atoms with van der Waals surface area (Å²) in [6.45, 7) is 6.38. The van der Waals surface area contributed by atoms with Crippen molar-refractivity contribution >= 4 is 11.8 Å². The van der Waals surface area contributed by atoms with Crippen molar-refractivity contribution in [2.45, 2.75) is 58.7 Å². The summed E-state index contributed by atoms with van der Waals surface area (Å²) in [6, 6.07) is 0. The fourth-order valence-electron chi connectivity index (χ4n) is 3.97. The first-order chi connectivity index (χ1) is 15.3. The summed E-state index contributed by atoms with van der Waals surface area (Å²) in [5, 5.41) is 25.0. The van der Waals surface area contributed by atoms with Gasteiger partial charge in [0.15, 0.2) is 18.1 Å². The molecule has 0 aliphatic carbocycles. The first kappa shape index (κ1) is 21.9. The molecule has 4 rings (SSSR count). The van der Waals surface area contributed by atoms with E-state index in [1.165, 1.54) is 6.92 Å². The van der Waals surface area contributed by atoms with Gasteiger partial charge in [-0.05, 0) is 6.42 Å². The van der Waals surface area contributed by atoms with E-state index < -0.39 is 12.3 Å². The monoisotopic (exact) mass is 444 g/mol. The highest BCUT2D eigenvalue weighted by atomic mass is 16.6. The highest BCUT2D eigenvalue weighted by Gasteiger charge is 2.45. The maximum absolute atomic E-state index is 11.7. The SMILES string of the molecule is CC[C@H]1O[C@@H](n2cc(N(Cc3cn(C)nn3)Cc3cn(C)nn3)nn2)[C@@H](OC(C)=O)C1C. The van der Waals surface area contributed by atoms with E-state index in [1.54, 1.807) is 20.2 Å². The molecular formula is C19H28N10O3. The van der Waals surface area contributed by atoms with Gasteiger partial charge in [-0.15, -0.1) is 15.3 Å². The summed E-state index contributed by atoms with van der Waals surface area (Å²) in [5.41, 5.74) is 1.56. The van der Waals surface area contributed by atoms with Crippen LogP contribution in [0.2, 0.25) is 0 Å². The van der Waals surface area contributed by atoms with Crippen molar-refractivity contribution in [3.63, 3.8) is 0 Å². The predicted octanol–water partition coefficient (Wildman–Crippen LogP) is 0.617. The number of carbonyl (C=O) groups excluding carboxylic acids is 1. The van der Waals surface area contributed by atoms with Gasteiger partial charge >= 0.3 is 5.97 Å². The second-order valence-corrected chi connectivity index (χ2v) is 8.09. The van der Waals surface area contributed by atoms with Gasteiger partial charge in [-0.2, -0.15) is 0 Å². The molecule has 13 nitrogen and oxygen atoms in total. The van der Waals surface area contributed by atoms with E-state index in [1.807, 2.05) is 45.2 Å². The number of hydrogen-bond acceptors (Lipinski definition) is 10. The van der Waals surface area contributed by atoms with Crippen LogP contribution in [0, 0.1) is 5.92 Å². The van der Waals surface area contributed by atoms with Crippen LogP contribution in [0.3, 0.4) is 0 Å². The Balaban J connectivity index is 1.60. The third-order valence-electron chi connectivity index (χ3n) is 5.49. The summed E-state index contributed by atoms with van der Waals surface area (Å²) in [5.74, 6) is 0.301. The molecule has 0 radical (unpaired) electrons. The van der Waals surface area contributed by atoms with Gasteiger partial charge in [-0.1, -0.05) is 29.5 Å². The van der Waals surface area contributed by atoms with Crippen molar-refractivity contribution in [2.24, 2.45) is 20.0 Å². The molecule has 0 saturated carbocycles. The zero-order valence-corrected chi connectivity index (χ0v) is 18.9. The fourth-order valence-corrected chi connectivity index (χ4v) is 3.97. The van der Waals surface area contributed by atoms with Gasteiger partial charge in [0.05, 0.1) is 25.4 Å². The summed E-state index contributed by atoms with van der Waals surface area (Å²) < 4.78 is 16.7. The minimum Gasteiger partial charge on any atom is -0.457 e. The Kier molecular flexibility index (Phi) is 6.17. The first-order valence-corrected chi connectivity index (χ1v) is 10.5. The number of aromatic nitrogens is 9. The molecular weight excluding hydrogens is 416 g/mol. The van der Waals surface area contributed by atoms with Crippen LogP contribution >= 0.6 is 0 Å². The van der Waals surface area contributed by atoms with Gasteiger partial charge < -0.3 is 14.4 Å². The van der Waals surface area contributed by atoms with Gasteiger partial charge in [0.25, 0.3) is 0 Å². The van der Waals surface area contributed by atoms with Crippen LogP contribution in [-0.4, -0.2) is 63.2 Å². The van der Waals surface area contributed by atoms with E-state index in [9.17, 15) is 4.79 Å². The normalized spacial score (nSPS) is 22.9. The first-order valence-electron chi connectivity index (χ1n) is 10.5. The maximum Gasteiger partial charge on any atom is 0.303 e. The molecule has 1 fully saturated rings. The quantitative estimate of drug-likeness (QED) is 0.456. The summed E-state index contributed by atoms with van der Waals surface area (Å²) in [7, 11) is 3.63. The highest BCUT2D eigenvalue weighted by molar-refractivity contribution is 5.66. The molecule has 32 heavy (non-hydrogen) atoms. The summed E-state index contributed by atoms with van der Waals surface area (Å²) in [4.78, 5) is 13.7. The molecule has 13 heteroatoms. The molecule has 0 aromatic carbocycles. The van der Waals surface area contributed by atoms with Crippen LogP contribution in [-0.2, 0) is 41.5 Å². The van der Waals surface area contributed by atoms with E-state index in [-0.39, 0.29) is 18.0 Å². The molecule has 0 bridgehead atoms. The minimum atomic E-state index is -0.546. The summed E-state index contributed by atoms with van der Waals surface area (Å²) >= 11 is 0. The molecule has 0 spiro atoms. The lowest BCUT2D eigenvalue weighted by Gasteiger charge is -2.21. The zero-order valence-electron chi connectivity index (χ0n) is 18.9. The Morgan fingerprint density at radius 1 is 1.06 bits per heavy atom. The molecule has 172 valence electrons. The number of nitrogens with zero attached hydrogens (tertiary/aromatic N) is 10. The minimum absolute atomic E-state index is 0.0349.